The highest BCUT2D eigenvalue weighted by Crippen LogP contribution is 2.18. The number of aromatic nitrogens is 2. The molecular formula is C20H19N3O2. The van der Waals surface area contributed by atoms with Gasteiger partial charge >= 0.3 is 0 Å². The van der Waals surface area contributed by atoms with Crippen LogP contribution in [0.2, 0.25) is 0 Å². The molecule has 1 aromatic heterocycles. The fourth-order valence-corrected chi connectivity index (χ4v) is 3.39. The monoisotopic (exact) mass is 333 g/mol. The van der Waals surface area contributed by atoms with Crippen molar-refractivity contribution in [3.63, 3.8) is 0 Å². The summed E-state index contributed by atoms with van der Waals surface area (Å²) in [6.45, 7) is 0.746. The average Bonchev–Trinajstić information content (AvgIpc) is 3.08. The number of amides is 1. The van der Waals surface area contributed by atoms with Crippen LogP contribution < -0.4 is 10.9 Å². The van der Waals surface area contributed by atoms with Gasteiger partial charge in [-0.3, -0.25) is 9.59 Å². The predicted octanol–water partition coefficient (Wildman–Crippen LogP) is 2.32. The fourth-order valence-electron chi connectivity index (χ4n) is 3.39. The quantitative estimate of drug-likeness (QED) is 0.797. The van der Waals surface area contributed by atoms with Crippen molar-refractivity contribution < 1.29 is 4.79 Å². The van der Waals surface area contributed by atoms with Crippen molar-refractivity contribution in [2.75, 3.05) is 6.54 Å². The molecule has 1 heterocycles. The SMILES string of the molecule is O=C(NCCn1nc2c(cc1=O)CCC2)c1cccc2ccccc12. The lowest BCUT2D eigenvalue weighted by atomic mass is 10.0. The van der Waals surface area contributed by atoms with E-state index in [1.165, 1.54) is 4.68 Å². The van der Waals surface area contributed by atoms with Gasteiger partial charge in [-0.2, -0.15) is 5.10 Å². The van der Waals surface area contributed by atoms with Crippen LogP contribution in [0.4, 0.5) is 0 Å². The standard InChI is InChI=1S/C20H19N3O2/c24-19-13-15-7-4-10-18(15)22-23(19)12-11-21-20(25)17-9-3-6-14-5-1-2-8-16(14)17/h1-3,5-6,8-9,13H,4,7,10-12H2,(H,21,25). The van der Waals surface area contributed by atoms with E-state index in [1.54, 1.807) is 6.07 Å². The summed E-state index contributed by atoms with van der Waals surface area (Å²) >= 11 is 0. The molecular weight excluding hydrogens is 314 g/mol. The molecule has 2 aromatic carbocycles. The minimum absolute atomic E-state index is 0.0972. The van der Waals surface area contributed by atoms with Crippen molar-refractivity contribution in [1.29, 1.82) is 0 Å². The molecule has 0 bridgehead atoms. The second-order valence-corrected chi connectivity index (χ2v) is 6.31. The van der Waals surface area contributed by atoms with Crippen LogP contribution >= 0.6 is 0 Å². The maximum absolute atomic E-state index is 12.5. The zero-order valence-electron chi connectivity index (χ0n) is 13.9. The molecule has 0 fully saturated rings. The Hall–Kier alpha value is -2.95. The van der Waals surface area contributed by atoms with Crippen molar-refractivity contribution in [3.8, 4) is 0 Å². The van der Waals surface area contributed by atoms with E-state index in [4.69, 9.17) is 0 Å². The van der Waals surface area contributed by atoms with E-state index in [9.17, 15) is 9.59 Å². The van der Waals surface area contributed by atoms with E-state index in [0.29, 0.717) is 18.7 Å². The van der Waals surface area contributed by atoms with Crippen molar-refractivity contribution in [3.05, 3.63) is 75.7 Å². The van der Waals surface area contributed by atoms with Crippen molar-refractivity contribution in [2.24, 2.45) is 0 Å². The number of rotatable bonds is 4. The maximum atomic E-state index is 12.5. The second kappa shape index (κ2) is 6.51. The summed E-state index contributed by atoms with van der Waals surface area (Å²) in [6.07, 6.45) is 2.93. The molecule has 1 aliphatic rings. The normalized spacial score (nSPS) is 13.0. The lowest BCUT2D eigenvalue weighted by Gasteiger charge is -2.10. The number of hydrogen-bond donors (Lipinski definition) is 1. The number of aryl methyl sites for hydroxylation is 2. The minimum atomic E-state index is -0.133. The topological polar surface area (TPSA) is 64.0 Å². The fraction of sp³-hybridized carbons (Fsp3) is 0.250. The molecule has 1 aliphatic carbocycles. The molecule has 0 aliphatic heterocycles. The van der Waals surface area contributed by atoms with Gasteiger partial charge < -0.3 is 5.32 Å². The van der Waals surface area contributed by atoms with Crippen molar-refractivity contribution in [2.45, 2.75) is 25.8 Å². The molecule has 4 rings (SSSR count). The first-order chi connectivity index (χ1) is 12.2. The van der Waals surface area contributed by atoms with E-state index >= 15 is 0 Å². The molecule has 126 valence electrons. The van der Waals surface area contributed by atoms with Gasteiger partial charge in [0.25, 0.3) is 11.5 Å². The van der Waals surface area contributed by atoms with Gasteiger partial charge in [0.05, 0.1) is 12.2 Å². The highest BCUT2D eigenvalue weighted by atomic mass is 16.2. The summed E-state index contributed by atoms with van der Waals surface area (Å²) < 4.78 is 1.45. The molecule has 1 N–H and O–H groups in total. The van der Waals surface area contributed by atoms with E-state index in [2.05, 4.69) is 10.4 Å². The molecule has 0 saturated carbocycles. The summed E-state index contributed by atoms with van der Waals surface area (Å²) in [6, 6.07) is 15.2. The van der Waals surface area contributed by atoms with E-state index in [1.807, 2.05) is 42.5 Å². The smallest absolute Gasteiger partial charge is 0.267 e. The lowest BCUT2D eigenvalue weighted by Crippen LogP contribution is -2.32. The van der Waals surface area contributed by atoms with Gasteiger partial charge in [-0.1, -0.05) is 36.4 Å². The predicted molar refractivity (Wildman–Crippen MR) is 96.8 cm³/mol. The summed E-state index contributed by atoms with van der Waals surface area (Å²) in [7, 11) is 0. The molecule has 0 saturated heterocycles. The van der Waals surface area contributed by atoms with Crippen molar-refractivity contribution in [1.82, 2.24) is 15.1 Å². The largest absolute Gasteiger partial charge is 0.350 e. The zero-order chi connectivity index (χ0) is 17.2. The first kappa shape index (κ1) is 15.6. The van der Waals surface area contributed by atoms with Crippen LogP contribution in [0.3, 0.4) is 0 Å². The van der Waals surface area contributed by atoms with Gasteiger partial charge in [-0.25, -0.2) is 4.68 Å². The van der Waals surface area contributed by atoms with Gasteiger partial charge in [-0.05, 0) is 41.7 Å². The van der Waals surface area contributed by atoms with Crippen LogP contribution in [0.5, 0.6) is 0 Å². The second-order valence-electron chi connectivity index (χ2n) is 6.31. The van der Waals surface area contributed by atoms with Gasteiger partial charge in [0.15, 0.2) is 0 Å². The number of nitrogens with zero attached hydrogens (tertiary/aromatic N) is 2. The molecule has 5 heteroatoms. The van der Waals surface area contributed by atoms with Gasteiger partial charge in [0, 0.05) is 18.2 Å². The third kappa shape index (κ3) is 3.05. The first-order valence-electron chi connectivity index (χ1n) is 8.58. The van der Waals surface area contributed by atoms with E-state index < -0.39 is 0 Å². The highest BCUT2D eigenvalue weighted by molar-refractivity contribution is 6.06. The molecule has 5 nitrogen and oxygen atoms in total. The van der Waals surface area contributed by atoms with Crippen LogP contribution in [0, 0.1) is 0 Å². The summed E-state index contributed by atoms with van der Waals surface area (Å²) in [5.41, 5.74) is 2.63. The average molecular weight is 333 g/mol. The molecule has 25 heavy (non-hydrogen) atoms. The van der Waals surface area contributed by atoms with E-state index in [-0.39, 0.29) is 11.5 Å². The Morgan fingerprint density at radius 3 is 2.88 bits per heavy atom. The third-order valence-electron chi connectivity index (χ3n) is 4.67. The molecule has 0 radical (unpaired) electrons. The van der Waals surface area contributed by atoms with Gasteiger partial charge in [0.2, 0.25) is 0 Å². The summed E-state index contributed by atoms with van der Waals surface area (Å²) in [5, 5.41) is 9.28. The van der Waals surface area contributed by atoms with Crippen LogP contribution in [0.25, 0.3) is 10.8 Å². The van der Waals surface area contributed by atoms with Crippen LogP contribution in [-0.4, -0.2) is 22.2 Å². The van der Waals surface area contributed by atoms with E-state index in [0.717, 1.165) is 41.3 Å². The number of nitrogens with one attached hydrogen (secondary N) is 1. The Bertz CT molecular complexity index is 1000. The molecule has 1 amide bonds. The number of benzene rings is 2. The first-order valence-corrected chi connectivity index (χ1v) is 8.58. The number of fused-ring (bicyclic) bond motifs is 2. The summed E-state index contributed by atoms with van der Waals surface area (Å²) in [5.74, 6) is -0.133. The zero-order valence-corrected chi connectivity index (χ0v) is 13.9. The van der Waals surface area contributed by atoms with Gasteiger partial charge in [0.1, 0.15) is 0 Å². The molecule has 0 spiro atoms. The Morgan fingerprint density at radius 1 is 1.12 bits per heavy atom. The Morgan fingerprint density at radius 2 is 1.96 bits per heavy atom. The Balaban J connectivity index is 1.47. The van der Waals surface area contributed by atoms with Crippen LogP contribution in [-0.2, 0) is 19.4 Å². The minimum Gasteiger partial charge on any atom is -0.350 e. The Kier molecular flexibility index (Phi) is 4.06. The molecule has 0 atom stereocenters. The third-order valence-corrected chi connectivity index (χ3v) is 4.67. The van der Waals surface area contributed by atoms with Crippen LogP contribution in [0.15, 0.2) is 53.3 Å². The lowest BCUT2D eigenvalue weighted by molar-refractivity contribution is 0.0953. The van der Waals surface area contributed by atoms with Crippen LogP contribution in [0.1, 0.15) is 28.0 Å². The number of carbonyl (C=O) groups is 1. The maximum Gasteiger partial charge on any atom is 0.267 e. The Labute approximate surface area is 145 Å². The van der Waals surface area contributed by atoms with Gasteiger partial charge in [-0.15, -0.1) is 0 Å². The molecule has 3 aromatic rings. The van der Waals surface area contributed by atoms with Crippen molar-refractivity contribution >= 4 is 16.7 Å². The summed E-state index contributed by atoms with van der Waals surface area (Å²) in [4.78, 5) is 24.6. The number of carbonyl (C=O) groups excluding carboxylic acids is 1. The highest BCUT2D eigenvalue weighted by Gasteiger charge is 2.15. The molecule has 0 unspecified atom stereocenters. The number of hydrogen-bond acceptors (Lipinski definition) is 3.